The molecule has 6 saturated heterocycles. The number of hydrogen-bond acceptors (Lipinski definition) is 17. The number of carboxylic acid groups (broad SMARTS) is 1. The number of phenolic OH excluding ortho intramolecular Hbond substituents is 2. The molecule has 576 valence electrons. The first-order valence-corrected chi connectivity index (χ1v) is 39.9. The van der Waals surface area contributed by atoms with Gasteiger partial charge in [0.15, 0.2) is 0 Å². The molecule has 8 N–H and O–H groups in total. The van der Waals surface area contributed by atoms with Crippen LogP contribution in [0.3, 0.4) is 0 Å². The van der Waals surface area contributed by atoms with Crippen LogP contribution in [-0.2, 0) is 45.1 Å². The fourth-order valence-corrected chi connectivity index (χ4v) is 19.2. The number of amides is 5. The number of carbonyl (C=O) groups excluding carboxylic acids is 5. The summed E-state index contributed by atoms with van der Waals surface area (Å²) in [4.78, 5) is 88.8. The SMILES string of the molecule is O=C1CCC(N2Cc3cc(N4CCC(O)(CN5CCN(c6ccc([C@@H]7c8ccc(O)cc8CC[C@@H]7c7ccccc7)cc6)CC5)CC4)ccc3C2=O)C(=O)N1.O=C1CCC(NCc2cc(N3CCC(O)(CN4CCN(c5ccc([C@@H]6c7ccc(O)cc7CC[C@@H]6c6ccccc6)cc5)CC4)CC3)ccc2C(=O)O)C(=O)N1. The van der Waals surface area contributed by atoms with Crippen LogP contribution < -0.4 is 35.6 Å². The summed E-state index contributed by atoms with van der Waals surface area (Å²) < 4.78 is 0. The van der Waals surface area contributed by atoms with Crippen molar-refractivity contribution in [3.63, 3.8) is 0 Å². The molecule has 0 spiro atoms. The summed E-state index contributed by atoms with van der Waals surface area (Å²) in [6, 6.07) is 61.6. The lowest BCUT2D eigenvalue weighted by Gasteiger charge is -2.44. The lowest BCUT2D eigenvalue weighted by molar-refractivity contribution is -0.137. The van der Waals surface area contributed by atoms with Crippen LogP contribution >= 0.6 is 0 Å². The van der Waals surface area contributed by atoms with Gasteiger partial charge in [0.2, 0.25) is 23.6 Å². The third-order valence-corrected chi connectivity index (χ3v) is 25.4. The maximum absolute atomic E-state index is 13.2. The molecule has 6 fully saturated rings. The number of fused-ring (bicyclic) bond motifs is 3. The van der Waals surface area contributed by atoms with Crippen molar-refractivity contribution in [1.29, 1.82) is 0 Å². The van der Waals surface area contributed by atoms with Gasteiger partial charge < -0.3 is 55.3 Å². The number of imide groups is 2. The van der Waals surface area contributed by atoms with Crippen LogP contribution in [0.25, 0.3) is 0 Å². The standard InChI is InChI=1S/C45H51N5O6.C45H49N5O5/c51-36-12-15-38-32(27-36)8-13-37(30-4-2-1-3-5-30)42(38)31-6-9-34(10-7-31)50-24-22-48(23-25-50)29-45(56)18-20-49(21-19-45)35-11-14-39(44(54)55)33(26-35)28-46-40-16-17-41(52)47-43(40)53;51-36-12-15-38-32(27-36)8-13-37(30-4-2-1-3-5-30)42(38)31-6-9-34(10-7-31)49-24-22-47(23-25-49)29-45(55)18-20-48(21-19-45)35-11-14-39-33(26-35)28-50(44(39)54)40-16-17-41(52)46-43(40)53/h1-7,9-12,14-15,26-27,37,40,42,46,51,56H,8,13,16-25,28-29H2,(H,54,55)(H,47,52,53);1-7,9-12,14-15,26-27,37,40,42,51,55H,8,13,16-25,28-29H2,(H,46,52,53)/t2*37-,40?,42+/m11/s1. The second kappa shape index (κ2) is 32.1. The zero-order valence-electron chi connectivity index (χ0n) is 62.9. The third-order valence-electron chi connectivity index (χ3n) is 25.4. The van der Waals surface area contributed by atoms with Crippen molar-refractivity contribution in [3.8, 4) is 11.5 Å². The van der Waals surface area contributed by atoms with E-state index in [0.29, 0.717) is 106 Å². The molecule has 2 unspecified atom stereocenters. The minimum atomic E-state index is -1.04. The second-order valence-electron chi connectivity index (χ2n) is 32.2. The molecule has 2 aliphatic carbocycles. The van der Waals surface area contributed by atoms with Gasteiger partial charge in [-0.25, -0.2) is 4.79 Å². The molecule has 0 radical (unpaired) electrons. The Labute approximate surface area is 648 Å². The van der Waals surface area contributed by atoms with E-state index >= 15 is 0 Å². The number of phenols is 2. The number of β-amino-alcohol motifs (C(OH)–C–C–N with tert-alkyl or cyclic N) is 2. The molecule has 111 heavy (non-hydrogen) atoms. The number of rotatable bonds is 17. The third kappa shape index (κ3) is 16.4. The van der Waals surface area contributed by atoms with Gasteiger partial charge in [-0.2, -0.15) is 0 Å². The number of carboxylic acids is 1. The number of benzene rings is 8. The summed E-state index contributed by atoms with van der Waals surface area (Å²) in [6.07, 6.45) is 7.74. The van der Waals surface area contributed by atoms with Crippen LogP contribution in [0, 0.1) is 0 Å². The number of aromatic hydroxyl groups is 2. The van der Waals surface area contributed by atoms with Gasteiger partial charge in [-0.3, -0.25) is 44.4 Å². The summed E-state index contributed by atoms with van der Waals surface area (Å²) in [5.41, 5.74) is 15.4. The van der Waals surface area contributed by atoms with Gasteiger partial charge >= 0.3 is 5.97 Å². The lowest BCUT2D eigenvalue weighted by atomic mass is 9.69. The van der Waals surface area contributed by atoms with E-state index in [2.05, 4.69) is 173 Å². The molecule has 9 aliphatic rings. The molecule has 21 nitrogen and oxygen atoms in total. The van der Waals surface area contributed by atoms with Gasteiger partial charge in [0.05, 0.1) is 22.8 Å². The molecule has 21 heteroatoms. The quantitative estimate of drug-likeness (QED) is 0.0394. The van der Waals surface area contributed by atoms with Crippen LogP contribution in [0.2, 0.25) is 0 Å². The number of piperazine rings is 2. The van der Waals surface area contributed by atoms with Crippen molar-refractivity contribution in [3.05, 3.63) is 249 Å². The van der Waals surface area contributed by atoms with Crippen molar-refractivity contribution in [2.75, 3.05) is 111 Å². The highest BCUT2D eigenvalue weighted by molar-refractivity contribution is 6.05. The number of nitrogens with zero attached hydrogens (tertiary/aromatic N) is 7. The van der Waals surface area contributed by atoms with Crippen LogP contribution in [0.4, 0.5) is 22.7 Å². The Hall–Kier alpha value is -10.4. The van der Waals surface area contributed by atoms with Crippen molar-refractivity contribution < 1.29 is 54.3 Å². The summed E-state index contributed by atoms with van der Waals surface area (Å²) in [7, 11) is 0. The van der Waals surface area contributed by atoms with Crippen molar-refractivity contribution >= 4 is 58.3 Å². The van der Waals surface area contributed by atoms with E-state index in [-0.39, 0.29) is 60.4 Å². The minimum absolute atomic E-state index is 0.161. The molecule has 5 amide bonds. The van der Waals surface area contributed by atoms with Gasteiger partial charge in [-0.1, -0.05) is 97.1 Å². The van der Waals surface area contributed by atoms with Crippen molar-refractivity contribution in [2.24, 2.45) is 0 Å². The van der Waals surface area contributed by atoms with Gasteiger partial charge in [-0.05, 0) is 217 Å². The molecular weight excluding hydrogens is 1400 g/mol. The van der Waals surface area contributed by atoms with Gasteiger partial charge in [-0.15, -0.1) is 0 Å². The van der Waals surface area contributed by atoms with E-state index in [0.717, 1.165) is 108 Å². The molecule has 7 heterocycles. The Bertz CT molecular complexity index is 4740. The van der Waals surface area contributed by atoms with Crippen LogP contribution in [0.1, 0.15) is 164 Å². The molecule has 6 atom stereocenters. The second-order valence-corrected chi connectivity index (χ2v) is 32.2. The predicted octanol–water partition coefficient (Wildman–Crippen LogP) is 10.2. The van der Waals surface area contributed by atoms with Gasteiger partial charge in [0.25, 0.3) is 5.91 Å². The number of nitrogens with one attached hydrogen (secondary N) is 3. The zero-order valence-corrected chi connectivity index (χ0v) is 62.9. The zero-order chi connectivity index (χ0) is 76.5. The number of aliphatic hydroxyl groups is 2. The van der Waals surface area contributed by atoms with E-state index in [1.165, 1.54) is 55.9 Å². The van der Waals surface area contributed by atoms with Crippen molar-refractivity contribution in [1.82, 2.24) is 30.7 Å². The highest BCUT2D eigenvalue weighted by Gasteiger charge is 2.43. The molecule has 17 rings (SSSR count). The number of anilines is 4. The van der Waals surface area contributed by atoms with Gasteiger partial charge in [0.1, 0.15) is 17.5 Å². The molecular formula is C90H100N10O11. The first kappa shape index (κ1) is 74.7. The molecule has 8 aromatic rings. The number of aromatic carboxylic acids is 1. The fourth-order valence-electron chi connectivity index (χ4n) is 19.2. The fraction of sp³-hybridized carbons (Fsp3) is 0.400. The Morgan fingerprint density at radius 2 is 0.892 bits per heavy atom. The topological polar surface area (TPSA) is 262 Å². The number of hydrogen-bond donors (Lipinski definition) is 8. The molecule has 0 saturated carbocycles. The average molecular weight is 1500 g/mol. The maximum atomic E-state index is 13.2. The van der Waals surface area contributed by atoms with E-state index in [1.54, 1.807) is 11.0 Å². The lowest BCUT2D eigenvalue weighted by Crippen LogP contribution is -2.55. The summed E-state index contributed by atoms with van der Waals surface area (Å²) in [6.45, 7) is 11.7. The first-order valence-electron chi connectivity index (χ1n) is 39.9. The van der Waals surface area contributed by atoms with Gasteiger partial charge in [0, 0.05) is 158 Å². The summed E-state index contributed by atoms with van der Waals surface area (Å²) >= 11 is 0. The summed E-state index contributed by atoms with van der Waals surface area (Å²) in [5, 5.41) is 61.5. The average Bonchev–Trinajstić information content (AvgIpc) is 1.70. The number of carbonyl (C=O) groups is 6. The predicted molar refractivity (Wildman–Crippen MR) is 427 cm³/mol. The van der Waals surface area contributed by atoms with E-state index in [4.69, 9.17) is 0 Å². The largest absolute Gasteiger partial charge is 0.508 e. The molecule has 0 bridgehead atoms. The highest BCUT2D eigenvalue weighted by atomic mass is 16.4. The van der Waals surface area contributed by atoms with Crippen LogP contribution in [0.5, 0.6) is 11.5 Å². The Morgan fingerprint density at radius 1 is 0.441 bits per heavy atom. The Morgan fingerprint density at radius 3 is 1.37 bits per heavy atom. The van der Waals surface area contributed by atoms with Crippen LogP contribution in [0.15, 0.2) is 182 Å². The van der Waals surface area contributed by atoms with E-state index < -0.39 is 35.2 Å². The van der Waals surface area contributed by atoms with Crippen LogP contribution in [-0.4, -0.2) is 191 Å². The highest BCUT2D eigenvalue weighted by Crippen LogP contribution is 2.49. The monoisotopic (exact) mass is 1500 g/mol. The number of aryl methyl sites for hydroxylation is 2. The van der Waals surface area contributed by atoms with E-state index in [9.17, 15) is 54.3 Å². The molecule has 7 aliphatic heterocycles. The molecule has 0 aromatic heterocycles. The van der Waals surface area contributed by atoms with E-state index in [1.807, 2.05) is 48.5 Å². The molecule has 8 aromatic carbocycles. The van der Waals surface area contributed by atoms with Crippen molar-refractivity contribution in [2.45, 2.75) is 137 Å². The smallest absolute Gasteiger partial charge is 0.336 e. The summed E-state index contributed by atoms with van der Waals surface area (Å²) in [5.74, 6) is -0.716. The minimum Gasteiger partial charge on any atom is -0.508 e. The Balaban J connectivity index is 0.000000168. The number of piperidine rings is 4. The maximum Gasteiger partial charge on any atom is 0.336 e. The first-order chi connectivity index (χ1) is 53.8. The Kier molecular flexibility index (Phi) is 21.6. The normalized spacial score (nSPS) is 23.4.